The molecule has 10 heteroatoms. The summed E-state index contributed by atoms with van der Waals surface area (Å²) in [6.07, 6.45) is 0. The lowest BCUT2D eigenvalue weighted by Gasteiger charge is -2.08. The first kappa shape index (κ1) is 17.9. The van der Waals surface area contributed by atoms with Gasteiger partial charge in [0.15, 0.2) is 17.5 Å². The number of halogens is 3. The number of rotatable bonds is 5. The van der Waals surface area contributed by atoms with Crippen LogP contribution in [-0.2, 0) is 4.79 Å². The number of aryl methyl sites for hydroxylation is 1. The van der Waals surface area contributed by atoms with Gasteiger partial charge in [-0.05, 0) is 41.1 Å². The maximum atomic E-state index is 13.6. The van der Waals surface area contributed by atoms with Crippen molar-refractivity contribution >= 4 is 23.4 Å². The van der Waals surface area contributed by atoms with E-state index >= 15 is 0 Å². The summed E-state index contributed by atoms with van der Waals surface area (Å²) in [7, 11) is 0. The normalized spacial score (nSPS) is 10.8. The molecule has 0 aliphatic heterocycles. The van der Waals surface area contributed by atoms with Crippen LogP contribution >= 0.6 is 11.8 Å². The van der Waals surface area contributed by atoms with E-state index in [1.54, 1.807) is 0 Å². The molecule has 1 N–H and O–H groups in total. The van der Waals surface area contributed by atoms with E-state index in [-0.39, 0.29) is 5.75 Å². The van der Waals surface area contributed by atoms with Gasteiger partial charge < -0.3 is 5.32 Å². The maximum absolute atomic E-state index is 13.6. The van der Waals surface area contributed by atoms with Gasteiger partial charge in [-0.2, -0.15) is 4.68 Å². The number of carbonyl (C=O) groups excluding carboxylic acids is 1. The predicted octanol–water partition coefficient (Wildman–Crippen LogP) is 3.12. The lowest BCUT2D eigenvalue weighted by molar-refractivity contribution is -0.113. The Hall–Kier alpha value is -2.88. The average molecular weight is 379 g/mol. The van der Waals surface area contributed by atoms with Gasteiger partial charge in [0.2, 0.25) is 11.1 Å². The number of benzene rings is 2. The molecule has 0 bridgehead atoms. The number of tetrazole rings is 1. The first-order valence-electron chi connectivity index (χ1n) is 7.38. The fourth-order valence-corrected chi connectivity index (χ4v) is 2.84. The Kier molecular flexibility index (Phi) is 5.21. The molecule has 0 spiro atoms. The van der Waals surface area contributed by atoms with E-state index in [1.165, 1.54) is 4.68 Å². The number of anilines is 1. The van der Waals surface area contributed by atoms with E-state index in [9.17, 15) is 18.0 Å². The average Bonchev–Trinajstić information content (AvgIpc) is 3.09. The minimum atomic E-state index is -1.64. The Labute approximate surface area is 150 Å². The van der Waals surface area contributed by atoms with Crippen molar-refractivity contribution in [3.63, 3.8) is 0 Å². The fourth-order valence-electron chi connectivity index (χ4n) is 2.16. The minimum Gasteiger partial charge on any atom is -0.323 e. The molecular weight excluding hydrogens is 367 g/mol. The lowest BCUT2D eigenvalue weighted by atomic mass is 10.2. The molecule has 0 aliphatic rings. The Bertz CT molecular complexity index is 963. The van der Waals surface area contributed by atoms with E-state index in [4.69, 9.17) is 0 Å². The zero-order chi connectivity index (χ0) is 18.7. The third-order valence-electron chi connectivity index (χ3n) is 3.43. The van der Waals surface area contributed by atoms with Crippen LogP contribution in [0.15, 0.2) is 41.6 Å². The van der Waals surface area contributed by atoms with Crippen LogP contribution in [0.25, 0.3) is 5.69 Å². The molecule has 0 radical (unpaired) electrons. The third-order valence-corrected chi connectivity index (χ3v) is 4.35. The van der Waals surface area contributed by atoms with Gasteiger partial charge in [0.25, 0.3) is 0 Å². The maximum Gasteiger partial charge on any atom is 0.234 e. The number of nitrogens with one attached hydrogen (secondary N) is 1. The number of amides is 1. The van der Waals surface area contributed by atoms with Gasteiger partial charge in [-0.15, -0.1) is 5.10 Å². The fraction of sp³-hybridized carbons (Fsp3) is 0.125. The van der Waals surface area contributed by atoms with Crippen molar-refractivity contribution in [3.8, 4) is 5.69 Å². The largest absolute Gasteiger partial charge is 0.323 e. The van der Waals surface area contributed by atoms with Crippen LogP contribution in [0.1, 0.15) is 5.56 Å². The van der Waals surface area contributed by atoms with Crippen molar-refractivity contribution in [1.29, 1.82) is 0 Å². The van der Waals surface area contributed by atoms with E-state index in [0.717, 1.165) is 35.1 Å². The number of carbonyl (C=O) groups is 1. The van der Waals surface area contributed by atoms with Gasteiger partial charge in [-0.3, -0.25) is 4.79 Å². The smallest absolute Gasteiger partial charge is 0.234 e. The molecule has 134 valence electrons. The SMILES string of the molecule is Cc1ccccc1-n1nnnc1SCC(=O)Nc1ccc(F)c(F)c1F. The number of thioether (sulfide) groups is 1. The second-order valence-electron chi connectivity index (χ2n) is 5.22. The van der Waals surface area contributed by atoms with Crippen LogP contribution in [0.3, 0.4) is 0 Å². The van der Waals surface area contributed by atoms with Crippen LogP contribution in [0.4, 0.5) is 18.9 Å². The number of aromatic nitrogens is 4. The molecule has 3 aromatic rings. The molecule has 26 heavy (non-hydrogen) atoms. The van der Waals surface area contributed by atoms with Gasteiger partial charge in [0, 0.05) is 0 Å². The highest BCUT2D eigenvalue weighted by molar-refractivity contribution is 7.99. The number of hydrogen-bond donors (Lipinski definition) is 1. The van der Waals surface area contributed by atoms with Crippen LogP contribution in [0.5, 0.6) is 0 Å². The van der Waals surface area contributed by atoms with Crippen molar-refractivity contribution < 1.29 is 18.0 Å². The highest BCUT2D eigenvalue weighted by Crippen LogP contribution is 2.22. The molecule has 0 unspecified atom stereocenters. The molecule has 0 aliphatic carbocycles. The van der Waals surface area contributed by atoms with Crippen molar-refractivity contribution in [2.24, 2.45) is 0 Å². The summed E-state index contributed by atoms with van der Waals surface area (Å²) < 4.78 is 41.2. The molecule has 0 saturated heterocycles. The van der Waals surface area contributed by atoms with Crippen LogP contribution in [-0.4, -0.2) is 31.9 Å². The first-order chi connectivity index (χ1) is 12.5. The quantitative estimate of drug-likeness (QED) is 0.545. The van der Waals surface area contributed by atoms with E-state index in [0.29, 0.717) is 5.16 Å². The van der Waals surface area contributed by atoms with Gasteiger partial charge in [0.05, 0.1) is 17.1 Å². The van der Waals surface area contributed by atoms with Crippen molar-refractivity contribution in [2.45, 2.75) is 12.1 Å². The standard InChI is InChI=1S/C16H12F3N5OS/c1-9-4-2-3-5-12(9)24-16(21-22-23-24)26-8-13(25)20-11-7-6-10(17)14(18)15(11)19/h2-7H,8H2,1H3,(H,20,25). The summed E-state index contributed by atoms with van der Waals surface area (Å²) in [5.74, 6) is -5.18. The molecule has 1 amide bonds. The molecule has 6 nitrogen and oxygen atoms in total. The van der Waals surface area contributed by atoms with E-state index in [2.05, 4.69) is 20.8 Å². The van der Waals surface area contributed by atoms with E-state index < -0.39 is 29.0 Å². The second-order valence-corrected chi connectivity index (χ2v) is 6.16. The molecule has 2 aromatic carbocycles. The highest BCUT2D eigenvalue weighted by atomic mass is 32.2. The summed E-state index contributed by atoms with van der Waals surface area (Å²) in [5, 5.41) is 13.9. The Morgan fingerprint density at radius 2 is 1.92 bits per heavy atom. The van der Waals surface area contributed by atoms with Gasteiger partial charge in [-0.1, -0.05) is 30.0 Å². The molecular formula is C16H12F3N5OS. The zero-order valence-corrected chi connectivity index (χ0v) is 14.2. The topological polar surface area (TPSA) is 72.7 Å². The minimum absolute atomic E-state index is 0.148. The van der Waals surface area contributed by atoms with Gasteiger partial charge >= 0.3 is 0 Å². The zero-order valence-electron chi connectivity index (χ0n) is 13.4. The number of para-hydroxylation sites is 1. The summed E-state index contributed by atoms with van der Waals surface area (Å²) in [6.45, 7) is 1.89. The Balaban J connectivity index is 1.69. The van der Waals surface area contributed by atoms with Gasteiger partial charge in [0.1, 0.15) is 0 Å². The summed E-state index contributed by atoms with van der Waals surface area (Å²) in [6, 6.07) is 9.11. The van der Waals surface area contributed by atoms with Crippen molar-refractivity contribution in [3.05, 3.63) is 59.4 Å². The van der Waals surface area contributed by atoms with Crippen LogP contribution in [0, 0.1) is 24.4 Å². The monoisotopic (exact) mass is 379 g/mol. The van der Waals surface area contributed by atoms with Crippen LogP contribution in [0.2, 0.25) is 0 Å². The molecule has 0 atom stereocenters. The summed E-state index contributed by atoms with van der Waals surface area (Å²) in [5.41, 5.74) is 1.26. The van der Waals surface area contributed by atoms with Crippen molar-refractivity contribution in [1.82, 2.24) is 20.2 Å². The van der Waals surface area contributed by atoms with E-state index in [1.807, 2.05) is 31.2 Å². The Morgan fingerprint density at radius 1 is 1.15 bits per heavy atom. The molecule has 0 fully saturated rings. The second kappa shape index (κ2) is 7.56. The van der Waals surface area contributed by atoms with Crippen LogP contribution < -0.4 is 5.32 Å². The molecule has 1 aromatic heterocycles. The lowest BCUT2D eigenvalue weighted by Crippen LogP contribution is -2.16. The molecule has 3 rings (SSSR count). The van der Waals surface area contributed by atoms with Gasteiger partial charge in [-0.25, -0.2) is 13.2 Å². The summed E-state index contributed by atoms with van der Waals surface area (Å²) >= 11 is 1.02. The Morgan fingerprint density at radius 3 is 2.69 bits per heavy atom. The third kappa shape index (κ3) is 3.69. The highest BCUT2D eigenvalue weighted by Gasteiger charge is 2.17. The first-order valence-corrected chi connectivity index (χ1v) is 8.36. The predicted molar refractivity (Wildman–Crippen MR) is 89.6 cm³/mol. The molecule has 1 heterocycles. The summed E-state index contributed by atoms with van der Waals surface area (Å²) in [4.78, 5) is 12.0. The number of hydrogen-bond acceptors (Lipinski definition) is 5. The van der Waals surface area contributed by atoms with Crippen molar-refractivity contribution in [2.75, 3.05) is 11.1 Å². The molecule has 0 saturated carbocycles. The number of nitrogens with zero attached hydrogens (tertiary/aromatic N) is 4.